The van der Waals surface area contributed by atoms with Crippen LogP contribution in [0.15, 0.2) is 4.52 Å². The first-order chi connectivity index (χ1) is 13.1. The Bertz CT molecular complexity index is 720. The van der Waals surface area contributed by atoms with Gasteiger partial charge in [-0.05, 0) is 76.0 Å². The van der Waals surface area contributed by atoms with Crippen molar-refractivity contribution in [3.05, 3.63) is 11.7 Å². The van der Waals surface area contributed by atoms with Gasteiger partial charge in [0.05, 0.1) is 18.1 Å². The molecule has 7 rings (SSSR count). The highest BCUT2D eigenvalue weighted by Gasteiger charge is 2.57. The molecule has 1 saturated heterocycles. The zero-order chi connectivity index (χ0) is 18.2. The molecule has 0 spiro atoms. The van der Waals surface area contributed by atoms with E-state index in [4.69, 9.17) is 9.26 Å². The molecule has 0 aromatic carbocycles. The second kappa shape index (κ2) is 5.79. The number of carbonyl (C=O) groups is 1. The molecular weight excluding hydrogens is 342 g/mol. The zero-order valence-electron chi connectivity index (χ0n) is 16.1. The molecule has 5 saturated carbocycles. The molecule has 1 aromatic rings. The molecule has 0 unspecified atom stereocenters. The van der Waals surface area contributed by atoms with Crippen LogP contribution in [-0.4, -0.2) is 40.2 Å². The summed E-state index contributed by atoms with van der Waals surface area (Å²) in [5.41, 5.74) is -0.136. The predicted molar refractivity (Wildman–Crippen MR) is 96.7 cm³/mol. The molecule has 2 atom stereocenters. The molecule has 1 aromatic heterocycles. The second-order valence-electron chi connectivity index (χ2n) is 9.98. The van der Waals surface area contributed by atoms with Crippen LogP contribution in [0.3, 0.4) is 0 Å². The third-order valence-corrected chi connectivity index (χ3v) is 7.90. The van der Waals surface area contributed by atoms with Crippen LogP contribution >= 0.6 is 0 Å². The Balaban J connectivity index is 1.31. The lowest BCUT2D eigenvalue weighted by Gasteiger charge is -2.57. The first kappa shape index (κ1) is 16.5. The number of carbonyl (C=O) groups excluding carboxylic acids is 1. The smallest absolute Gasteiger partial charge is 0.252 e. The van der Waals surface area contributed by atoms with Gasteiger partial charge in [0.2, 0.25) is 5.91 Å². The maximum absolute atomic E-state index is 13.9. The minimum atomic E-state index is -0.237. The monoisotopic (exact) mass is 371 g/mol. The lowest BCUT2D eigenvalue weighted by molar-refractivity contribution is -0.172. The summed E-state index contributed by atoms with van der Waals surface area (Å²) in [5.74, 6) is 4.47. The first-order valence-electron chi connectivity index (χ1n) is 10.9. The van der Waals surface area contributed by atoms with Crippen molar-refractivity contribution in [3.8, 4) is 0 Å². The first-order valence-corrected chi connectivity index (χ1v) is 10.9. The molecule has 4 bridgehead atoms. The van der Waals surface area contributed by atoms with Gasteiger partial charge < -0.3 is 14.2 Å². The Morgan fingerprint density at radius 3 is 2.41 bits per heavy atom. The lowest BCUT2D eigenvalue weighted by atomic mass is 9.49. The normalized spacial score (nSPS) is 43.3. The van der Waals surface area contributed by atoms with Crippen molar-refractivity contribution < 1.29 is 14.1 Å². The van der Waals surface area contributed by atoms with Gasteiger partial charge in [-0.2, -0.15) is 4.98 Å². The van der Waals surface area contributed by atoms with Crippen LogP contribution in [0.25, 0.3) is 0 Å². The van der Waals surface area contributed by atoms with Crippen LogP contribution in [0.5, 0.6) is 0 Å². The van der Waals surface area contributed by atoms with E-state index in [9.17, 15) is 4.79 Å². The molecule has 6 aliphatic rings. The molecule has 5 aliphatic carbocycles. The summed E-state index contributed by atoms with van der Waals surface area (Å²) < 4.78 is 11.5. The van der Waals surface area contributed by atoms with Crippen LogP contribution in [0.1, 0.15) is 82.0 Å². The molecule has 0 radical (unpaired) electrons. The molecule has 6 nitrogen and oxygen atoms in total. The fourth-order valence-corrected chi connectivity index (χ4v) is 6.93. The molecule has 2 heterocycles. The van der Waals surface area contributed by atoms with Crippen molar-refractivity contribution in [1.82, 2.24) is 15.0 Å². The number of nitrogens with zero attached hydrogens (tertiary/aromatic N) is 3. The number of morpholine rings is 1. The van der Waals surface area contributed by atoms with E-state index >= 15 is 0 Å². The average molecular weight is 371 g/mol. The Morgan fingerprint density at radius 1 is 1.11 bits per heavy atom. The summed E-state index contributed by atoms with van der Waals surface area (Å²) in [6, 6.07) is -0.237. The van der Waals surface area contributed by atoms with Gasteiger partial charge in [-0.3, -0.25) is 4.79 Å². The van der Waals surface area contributed by atoms with Gasteiger partial charge in [0.15, 0.2) is 5.82 Å². The summed E-state index contributed by atoms with van der Waals surface area (Å²) in [6.45, 7) is 3.26. The second-order valence-corrected chi connectivity index (χ2v) is 9.98. The molecule has 27 heavy (non-hydrogen) atoms. The minimum absolute atomic E-state index is 0.107. The number of aromatic nitrogens is 2. The molecule has 1 aliphatic heterocycles. The molecule has 146 valence electrons. The Morgan fingerprint density at radius 2 is 1.78 bits per heavy atom. The highest BCUT2D eigenvalue weighted by molar-refractivity contribution is 5.84. The number of amides is 1. The maximum atomic E-state index is 13.9. The fraction of sp³-hybridized carbons (Fsp3) is 0.857. The molecule has 6 fully saturated rings. The van der Waals surface area contributed by atoms with Gasteiger partial charge in [-0.25, -0.2) is 0 Å². The van der Waals surface area contributed by atoms with Crippen LogP contribution in [0, 0.1) is 23.2 Å². The van der Waals surface area contributed by atoms with E-state index in [2.05, 4.69) is 10.1 Å². The van der Waals surface area contributed by atoms with Crippen LogP contribution in [-0.2, 0) is 9.53 Å². The van der Waals surface area contributed by atoms with E-state index in [1.165, 1.54) is 19.3 Å². The standard InChI is InChI=1S/C21H29N3O3/c1-12-17(19-22-18(23-27-19)16-2-3-16)24(4-5-26-12)20(25)21-9-13-6-14(10-21)8-15(7-13)11-21/h12-17H,2-11H2,1H3/t12-,13?,14?,15?,17+,21?/m1/s1. The van der Waals surface area contributed by atoms with Gasteiger partial charge in [0.1, 0.15) is 6.04 Å². The summed E-state index contributed by atoms with van der Waals surface area (Å²) >= 11 is 0. The van der Waals surface area contributed by atoms with E-state index in [1.54, 1.807) is 0 Å². The Hall–Kier alpha value is -1.43. The third kappa shape index (κ3) is 2.59. The average Bonchev–Trinajstić information content (AvgIpc) is 3.37. The quantitative estimate of drug-likeness (QED) is 0.814. The van der Waals surface area contributed by atoms with Crippen LogP contribution in [0.2, 0.25) is 0 Å². The number of ether oxygens (including phenoxy) is 1. The van der Waals surface area contributed by atoms with Gasteiger partial charge in [-0.15, -0.1) is 0 Å². The third-order valence-electron chi connectivity index (χ3n) is 7.90. The van der Waals surface area contributed by atoms with E-state index in [0.29, 0.717) is 30.9 Å². The van der Waals surface area contributed by atoms with Crippen molar-refractivity contribution >= 4 is 5.91 Å². The summed E-state index contributed by atoms with van der Waals surface area (Å²) in [6.07, 6.45) is 9.51. The summed E-state index contributed by atoms with van der Waals surface area (Å²) in [5, 5.41) is 4.19. The van der Waals surface area contributed by atoms with E-state index in [0.717, 1.165) is 55.7 Å². The van der Waals surface area contributed by atoms with Crippen LogP contribution in [0.4, 0.5) is 0 Å². The Kier molecular flexibility index (Phi) is 3.54. The van der Waals surface area contributed by atoms with Crippen molar-refractivity contribution in [2.24, 2.45) is 23.2 Å². The van der Waals surface area contributed by atoms with Crippen LogP contribution < -0.4 is 0 Å². The van der Waals surface area contributed by atoms with E-state index in [-0.39, 0.29) is 17.6 Å². The predicted octanol–water partition coefficient (Wildman–Crippen LogP) is 3.45. The number of hydrogen-bond donors (Lipinski definition) is 0. The molecule has 0 N–H and O–H groups in total. The highest BCUT2D eigenvalue weighted by Crippen LogP contribution is 2.61. The highest BCUT2D eigenvalue weighted by atomic mass is 16.5. The fourth-order valence-electron chi connectivity index (χ4n) is 6.93. The van der Waals surface area contributed by atoms with E-state index < -0.39 is 0 Å². The van der Waals surface area contributed by atoms with Crippen molar-refractivity contribution in [2.45, 2.75) is 76.4 Å². The molecule has 6 heteroatoms. The van der Waals surface area contributed by atoms with Gasteiger partial charge in [-0.1, -0.05) is 5.16 Å². The Labute approximate surface area is 160 Å². The lowest BCUT2D eigenvalue weighted by Crippen LogP contribution is -2.58. The number of rotatable bonds is 3. The number of hydrogen-bond acceptors (Lipinski definition) is 5. The summed E-state index contributed by atoms with van der Waals surface area (Å²) in [4.78, 5) is 20.6. The van der Waals surface area contributed by atoms with Crippen molar-refractivity contribution in [1.29, 1.82) is 0 Å². The van der Waals surface area contributed by atoms with Gasteiger partial charge in [0, 0.05) is 12.5 Å². The van der Waals surface area contributed by atoms with Crippen molar-refractivity contribution in [2.75, 3.05) is 13.2 Å². The van der Waals surface area contributed by atoms with Gasteiger partial charge in [0.25, 0.3) is 5.89 Å². The molecular formula is C21H29N3O3. The molecule has 1 amide bonds. The van der Waals surface area contributed by atoms with Crippen molar-refractivity contribution in [3.63, 3.8) is 0 Å². The summed E-state index contributed by atoms with van der Waals surface area (Å²) in [7, 11) is 0. The largest absolute Gasteiger partial charge is 0.374 e. The van der Waals surface area contributed by atoms with Gasteiger partial charge >= 0.3 is 0 Å². The topological polar surface area (TPSA) is 68.5 Å². The zero-order valence-corrected chi connectivity index (χ0v) is 16.1. The maximum Gasteiger partial charge on any atom is 0.252 e. The SMILES string of the molecule is C[C@H]1OCCN(C(=O)C23CC4CC(CC(C4)C2)C3)[C@@H]1c1nc(C2CC2)no1. The van der Waals surface area contributed by atoms with E-state index in [1.807, 2.05) is 11.8 Å². The minimum Gasteiger partial charge on any atom is -0.374 e.